The van der Waals surface area contributed by atoms with Gasteiger partial charge in [0.2, 0.25) is 5.91 Å². The summed E-state index contributed by atoms with van der Waals surface area (Å²) in [6.45, 7) is 8.18. The topological polar surface area (TPSA) is 102 Å². The second kappa shape index (κ2) is 8.95. The third-order valence-corrected chi connectivity index (χ3v) is 9.62. The number of benzene rings is 2. The summed E-state index contributed by atoms with van der Waals surface area (Å²) in [5.41, 5.74) is 4.08. The van der Waals surface area contributed by atoms with E-state index in [2.05, 4.69) is 5.32 Å². The van der Waals surface area contributed by atoms with Crippen LogP contribution in [0, 0.1) is 20.8 Å². The van der Waals surface area contributed by atoms with E-state index in [0.29, 0.717) is 24.5 Å². The maximum absolute atomic E-state index is 12.0. The lowest BCUT2D eigenvalue weighted by Gasteiger charge is -2.37. The van der Waals surface area contributed by atoms with Gasteiger partial charge in [-0.1, -0.05) is 12.1 Å². The minimum atomic E-state index is -1.19. The van der Waals surface area contributed by atoms with Crippen molar-refractivity contribution >= 4 is 30.8 Å². The van der Waals surface area contributed by atoms with Crippen LogP contribution in [0.4, 0.5) is 4.79 Å². The highest BCUT2D eigenvalue weighted by molar-refractivity contribution is 8.40. The van der Waals surface area contributed by atoms with E-state index < -0.39 is 25.5 Å². The molecule has 3 atom stereocenters. The molecule has 2 aliphatic rings. The zero-order valence-electron chi connectivity index (χ0n) is 19.0. The fourth-order valence-electron chi connectivity index (χ4n) is 4.27. The molecule has 3 unspecified atom stereocenters. The summed E-state index contributed by atoms with van der Waals surface area (Å²) in [6, 6.07) is 7.34. The van der Waals surface area contributed by atoms with Crippen LogP contribution in [0.15, 0.2) is 24.3 Å². The summed E-state index contributed by atoms with van der Waals surface area (Å²) in [7, 11) is -1.00. The Morgan fingerprint density at radius 2 is 1.88 bits per heavy atom. The predicted molar refractivity (Wildman–Crippen MR) is 128 cm³/mol. The van der Waals surface area contributed by atoms with Crippen LogP contribution >= 0.6 is 0 Å². The van der Waals surface area contributed by atoms with Crippen LogP contribution in [-0.2, 0) is 37.3 Å². The molecule has 0 radical (unpaired) electrons. The number of ether oxygens (including phenoxy) is 2. The molecule has 2 amide bonds. The largest absolute Gasteiger partial charge is 0.507 e. The van der Waals surface area contributed by atoms with E-state index in [0.717, 1.165) is 46.4 Å². The molecular weight excluding hydrogens is 462 g/mol. The Morgan fingerprint density at radius 3 is 2.55 bits per heavy atom. The Hall–Kier alpha value is -2.65. The van der Waals surface area contributed by atoms with Gasteiger partial charge in [-0.25, -0.2) is 4.21 Å². The van der Waals surface area contributed by atoms with Gasteiger partial charge >= 0.3 is 0 Å². The van der Waals surface area contributed by atoms with Gasteiger partial charge in [-0.05, 0) is 81.3 Å². The summed E-state index contributed by atoms with van der Waals surface area (Å²) in [4.78, 5) is 23.7. The molecule has 2 aliphatic heterocycles. The third-order valence-electron chi connectivity index (χ3n) is 6.51. The Balaban J connectivity index is 1.42. The molecule has 9 heteroatoms. The van der Waals surface area contributed by atoms with Gasteiger partial charge in [0, 0.05) is 15.0 Å². The molecule has 4 rings (SSSR count). The maximum atomic E-state index is 12.0. The molecule has 1 fully saturated rings. The summed E-state index contributed by atoms with van der Waals surface area (Å²) in [5.74, 6) is 1.47. The number of hydrogen-bond acceptors (Lipinski definition) is 6. The van der Waals surface area contributed by atoms with Crippen molar-refractivity contribution in [2.75, 3.05) is 6.61 Å². The summed E-state index contributed by atoms with van der Waals surface area (Å²) in [6.07, 6.45) is 1.90. The lowest BCUT2D eigenvalue weighted by molar-refractivity contribution is -0.118. The summed E-state index contributed by atoms with van der Waals surface area (Å²) in [5, 5.41) is 11.5. The molecule has 0 aromatic heterocycles. The van der Waals surface area contributed by atoms with Gasteiger partial charge in [-0.2, -0.15) is 0 Å². The van der Waals surface area contributed by atoms with E-state index >= 15 is 0 Å². The maximum Gasteiger partial charge on any atom is 0.292 e. The number of rotatable bonds is 5. The summed E-state index contributed by atoms with van der Waals surface area (Å²) < 4.78 is 23.7. The normalized spacial score (nSPS) is 24.1. The number of carbonyl (C=O) groups is 2. The first-order valence-corrected chi connectivity index (χ1v) is 13.3. The molecule has 2 aromatic carbocycles. The van der Waals surface area contributed by atoms with Crippen LogP contribution in [0.1, 0.15) is 41.2 Å². The van der Waals surface area contributed by atoms with Crippen LogP contribution in [0.25, 0.3) is 0 Å². The molecule has 0 bridgehead atoms. The smallest absolute Gasteiger partial charge is 0.292 e. The monoisotopic (exact) mass is 489 g/mol. The van der Waals surface area contributed by atoms with Gasteiger partial charge in [0.15, 0.2) is 0 Å². The molecule has 2 heterocycles. The number of imide groups is 1. The van der Waals surface area contributed by atoms with Crippen LogP contribution in [0.3, 0.4) is 0 Å². The quantitative estimate of drug-likeness (QED) is 0.668. The van der Waals surface area contributed by atoms with E-state index in [-0.39, 0.29) is 16.1 Å². The van der Waals surface area contributed by atoms with Crippen molar-refractivity contribution in [2.45, 2.75) is 57.8 Å². The first-order valence-electron chi connectivity index (χ1n) is 10.7. The van der Waals surface area contributed by atoms with Crippen molar-refractivity contribution in [3.8, 4) is 17.2 Å². The van der Waals surface area contributed by atoms with E-state index in [1.165, 1.54) is 0 Å². The Labute approximate surface area is 198 Å². The highest BCUT2D eigenvalue weighted by atomic mass is 32.8. The van der Waals surface area contributed by atoms with Crippen molar-refractivity contribution in [1.82, 2.24) is 5.32 Å². The molecular formula is C24H27NO6S2. The van der Waals surface area contributed by atoms with Crippen molar-refractivity contribution in [3.63, 3.8) is 0 Å². The zero-order valence-corrected chi connectivity index (χ0v) is 20.7. The number of aromatic hydroxyl groups is 1. The third kappa shape index (κ3) is 4.44. The van der Waals surface area contributed by atoms with Crippen molar-refractivity contribution < 1.29 is 28.4 Å². The highest BCUT2D eigenvalue weighted by Crippen LogP contribution is 2.43. The van der Waals surface area contributed by atoms with Crippen LogP contribution in [0.2, 0.25) is 0 Å². The van der Waals surface area contributed by atoms with Crippen LogP contribution in [-0.4, -0.2) is 37.9 Å². The molecule has 7 nitrogen and oxygen atoms in total. The highest BCUT2D eigenvalue weighted by Gasteiger charge is 2.37. The van der Waals surface area contributed by atoms with Crippen molar-refractivity contribution in [2.24, 2.45) is 0 Å². The Morgan fingerprint density at radius 1 is 1.18 bits per heavy atom. The minimum Gasteiger partial charge on any atom is -0.507 e. The molecule has 2 N–H and O–H groups in total. The fraction of sp³-hybridized carbons (Fsp3) is 0.417. The van der Waals surface area contributed by atoms with Gasteiger partial charge in [-0.15, -0.1) is 0 Å². The van der Waals surface area contributed by atoms with Crippen molar-refractivity contribution in [1.29, 1.82) is 0 Å². The van der Waals surface area contributed by atoms with Crippen LogP contribution in [0.5, 0.6) is 17.2 Å². The Kier molecular flexibility index (Phi) is 6.37. The van der Waals surface area contributed by atoms with E-state index in [1.807, 2.05) is 52.0 Å². The van der Waals surface area contributed by atoms with Gasteiger partial charge < -0.3 is 14.6 Å². The lowest BCUT2D eigenvalue weighted by Crippen LogP contribution is -2.42. The van der Waals surface area contributed by atoms with E-state index in [1.54, 1.807) is 0 Å². The fourth-order valence-corrected chi connectivity index (χ4v) is 6.55. The Bertz CT molecular complexity index is 1200. The minimum absolute atomic E-state index is 0.189. The predicted octanol–water partition coefficient (Wildman–Crippen LogP) is 3.39. The standard InChI is InChI=1S/C24H27NO6S2/c1-13-14(2)21-18(15(3)20(13)26)9-10-24(4,31-21)12-30-17-7-5-16(6-8-17)11-19-22(27)25-23(28)33(19)32-29/h5-8,19,26H,9-12H2,1-4H3,(H,25,27,28). The number of carbonyl (C=O) groups excluding carboxylic acids is 2. The number of hydrogen-bond donors (Lipinski definition) is 2. The molecule has 2 aromatic rings. The van der Waals surface area contributed by atoms with Gasteiger partial charge in [0.25, 0.3) is 5.24 Å². The molecule has 0 aliphatic carbocycles. The zero-order chi connectivity index (χ0) is 23.9. The molecule has 33 heavy (non-hydrogen) atoms. The number of phenols is 1. The van der Waals surface area contributed by atoms with E-state index in [9.17, 15) is 18.9 Å². The first-order chi connectivity index (χ1) is 15.6. The second-order valence-electron chi connectivity index (χ2n) is 8.85. The SMILES string of the molecule is Cc1c(C)c2c(c(C)c1O)CCC(C)(COc1ccc(CC3C(=O)NC(=O)S3=S=O)cc1)O2. The van der Waals surface area contributed by atoms with Crippen molar-refractivity contribution in [3.05, 3.63) is 52.1 Å². The van der Waals surface area contributed by atoms with Gasteiger partial charge in [0.1, 0.15) is 44.9 Å². The lowest BCUT2D eigenvalue weighted by atomic mass is 9.87. The summed E-state index contributed by atoms with van der Waals surface area (Å²) >= 11 is 0. The number of phenolic OH excluding ortho intramolecular Hbond substituents is 1. The van der Waals surface area contributed by atoms with Crippen LogP contribution < -0.4 is 14.8 Å². The number of nitrogens with one attached hydrogen (secondary N) is 1. The number of fused-ring (bicyclic) bond motifs is 1. The molecule has 176 valence electrons. The van der Waals surface area contributed by atoms with E-state index in [4.69, 9.17) is 9.47 Å². The first kappa shape index (κ1) is 23.5. The molecule has 1 saturated heterocycles. The molecule has 0 spiro atoms. The average Bonchev–Trinajstić information content (AvgIpc) is 3.07. The molecule has 0 saturated carbocycles. The average molecular weight is 490 g/mol. The van der Waals surface area contributed by atoms with Gasteiger partial charge in [-0.3, -0.25) is 14.9 Å². The number of amides is 2. The van der Waals surface area contributed by atoms with Gasteiger partial charge in [0.05, 0.1) is 0 Å². The second-order valence-corrected chi connectivity index (χ2v) is 12.0.